The van der Waals surface area contributed by atoms with Gasteiger partial charge in [0.15, 0.2) is 0 Å². The second kappa shape index (κ2) is 6.93. The highest BCUT2D eigenvalue weighted by Crippen LogP contribution is 2.31. The van der Waals surface area contributed by atoms with Crippen molar-refractivity contribution in [1.82, 2.24) is 0 Å². The molecule has 1 atom stereocenters. The van der Waals surface area contributed by atoms with E-state index in [-0.39, 0.29) is 11.6 Å². The molecule has 1 heterocycles. The van der Waals surface area contributed by atoms with Gasteiger partial charge in [0.1, 0.15) is 5.60 Å². The molecule has 1 fully saturated rings. The Labute approximate surface area is 99.8 Å². The van der Waals surface area contributed by atoms with E-state index >= 15 is 0 Å². The lowest BCUT2D eigenvalue weighted by atomic mass is 9.95. The number of cyclic esters (lactones) is 1. The van der Waals surface area contributed by atoms with Crippen molar-refractivity contribution in [3.05, 3.63) is 0 Å². The molecule has 0 amide bonds. The molecule has 0 aromatic heterocycles. The topological polar surface area (TPSA) is 26.3 Å². The highest BCUT2D eigenvalue weighted by atomic mass is 16.6. The van der Waals surface area contributed by atoms with Gasteiger partial charge in [-0.25, -0.2) is 0 Å². The van der Waals surface area contributed by atoms with Gasteiger partial charge < -0.3 is 4.74 Å². The summed E-state index contributed by atoms with van der Waals surface area (Å²) in [4.78, 5) is 11.0. The number of carbonyl (C=O) groups is 1. The molecule has 0 aromatic carbocycles. The van der Waals surface area contributed by atoms with Gasteiger partial charge in [-0.3, -0.25) is 4.79 Å². The third-order valence-electron chi connectivity index (χ3n) is 3.53. The van der Waals surface area contributed by atoms with Crippen molar-refractivity contribution in [2.45, 2.75) is 83.7 Å². The summed E-state index contributed by atoms with van der Waals surface area (Å²) in [5.41, 5.74) is -0.138. The number of hydrogen-bond acceptors (Lipinski definition) is 2. The van der Waals surface area contributed by atoms with E-state index in [4.69, 9.17) is 4.74 Å². The molecule has 1 saturated heterocycles. The van der Waals surface area contributed by atoms with Crippen molar-refractivity contribution in [3.63, 3.8) is 0 Å². The summed E-state index contributed by atoms with van der Waals surface area (Å²) in [5, 5.41) is 0. The van der Waals surface area contributed by atoms with Gasteiger partial charge in [-0.05, 0) is 26.2 Å². The first-order valence-corrected chi connectivity index (χ1v) is 6.88. The molecule has 0 unspecified atom stereocenters. The van der Waals surface area contributed by atoms with E-state index in [2.05, 4.69) is 13.8 Å². The van der Waals surface area contributed by atoms with Crippen LogP contribution in [0.4, 0.5) is 0 Å². The Bertz CT molecular complexity index is 213. The van der Waals surface area contributed by atoms with E-state index in [0.717, 1.165) is 12.8 Å². The van der Waals surface area contributed by atoms with Gasteiger partial charge >= 0.3 is 5.97 Å². The molecule has 2 nitrogen and oxygen atoms in total. The first kappa shape index (κ1) is 13.5. The molecule has 16 heavy (non-hydrogen) atoms. The van der Waals surface area contributed by atoms with Crippen LogP contribution in [0.1, 0.15) is 78.1 Å². The van der Waals surface area contributed by atoms with Crippen molar-refractivity contribution in [2.75, 3.05) is 0 Å². The van der Waals surface area contributed by atoms with Crippen LogP contribution in [0.15, 0.2) is 0 Å². The van der Waals surface area contributed by atoms with E-state index < -0.39 is 0 Å². The number of ether oxygens (including phenoxy) is 1. The zero-order valence-corrected chi connectivity index (χ0v) is 10.9. The highest BCUT2D eigenvalue weighted by molar-refractivity contribution is 5.72. The molecular formula is C14H26O2. The molecular weight excluding hydrogens is 200 g/mol. The van der Waals surface area contributed by atoms with E-state index in [1.807, 2.05) is 0 Å². The lowest BCUT2D eigenvalue weighted by Crippen LogP contribution is -2.23. The fourth-order valence-electron chi connectivity index (χ4n) is 2.38. The normalized spacial score (nSPS) is 24.8. The molecule has 0 spiro atoms. The highest BCUT2D eigenvalue weighted by Gasteiger charge is 2.34. The Hall–Kier alpha value is -0.530. The summed E-state index contributed by atoms with van der Waals surface area (Å²) in [6.07, 6.45) is 11.8. The third kappa shape index (κ3) is 5.00. The summed E-state index contributed by atoms with van der Waals surface area (Å²) in [7, 11) is 0. The van der Waals surface area contributed by atoms with E-state index in [0.29, 0.717) is 6.42 Å². The molecule has 1 aliphatic rings. The Morgan fingerprint density at radius 1 is 1.12 bits per heavy atom. The maximum absolute atomic E-state index is 11.0. The minimum atomic E-state index is -0.138. The van der Waals surface area contributed by atoms with Crippen molar-refractivity contribution in [2.24, 2.45) is 0 Å². The fraction of sp³-hybridized carbons (Fsp3) is 0.929. The molecule has 94 valence electrons. The molecule has 0 radical (unpaired) electrons. The van der Waals surface area contributed by atoms with Crippen molar-refractivity contribution >= 4 is 5.97 Å². The molecule has 2 heteroatoms. The quantitative estimate of drug-likeness (QED) is 0.457. The van der Waals surface area contributed by atoms with Crippen LogP contribution in [0, 0.1) is 0 Å². The van der Waals surface area contributed by atoms with E-state index in [1.165, 1.54) is 44.9 Å². The van der Waals surface area contributed by atoms with Crippen LogP contribution in [-0.2, 0) is 9.53 Å². The standard InChI is InChI=1S/C14H26O2/c1-3-4-5-6-7-8-9-11-14(2)12-10-13(15)16-14/h3-12H2,1-2H3/t14-/m1/s1. The van der Waals surface area contributed by atoms with Crippen LogP contribution in [0.5, 0.6) is 0 Å². The van der Waals surface area contributed by atoms with Gasteiger partial charge in [-0.1, -0.05) is 45.4 Å². The van der Waals surface area contributed by atoms with Gasteiger partial charge in [0.2, 0.25) is 0 Å². The maximum Gasteiger partial charge on any atom is 0.306 e. The lowest BCUT2D eigenvalue weighted by molar-refractivity contribution is -0.147. The Kier molecular flexibility index (Phi) is 5.86. The van der Waals surface area contributed by atoms with Gasteiger partial charge in [0.05, 0.1) is 0 Å². The van der Waals surface area contributed by atoms with Gasteiger partial charge in [0.25, 0.3) is 0 Å². The Balaban J connectivity index is 1.96. The summed E-state index contributed by atoms with van der Waals surface area (Å²) < 4.78 is 5.35. The van der Waals surface area contributed by atoms with Crippen LogP contribution < -0.4 is 0 Å². The molecule has 1 rings (SSSR count). The smallest absolute Gasteiger partial charge is 0.306 e. The van der Waals surface area contributed by atoms with Crippen LogP contribution >= 0.6 is 0 Å². The fourth-order valence-corrected chi connectivity index (χ4v) is 2.38. The van der Waals surface area contributed by atoms with Crippen LogP contribution in [0.2, 0.25) is 0 Å². The predicted octanol–water partition coefficient (Wildman–Crippen LogP) is 4.22. The maximum atomic E-state index is 11.0. The van der Waals surface area contributed by atoms with E-state index in [9.17, 15) is 4.79 Å². The summed E-state index contributed by atoms with van der Waals surface area (Å²) >= 11 is 0. The number of carbonyl (C=O) groups excluding carboxylic acids is 1. The van der Waals surface area contributed by atoms with Crippen LogP contribution in [0.3, 0.4) is 0 Å². The monoisotopic (exact) mass is 226 g/mol. The average Bonchev–Trinajstić information content (AvgIpc) is 2.58. The summed E-state index contributed by atoms with van der Waals surface area (Å²) in [6, 6.07) is 0. The minimum Gasteiger partial charge on any atom is -0.459 e. The summed E-state index contributed by atoms with van der Waals surface area (Å²) in [5.74, 6) is -0.00885. The van der Waals surface area contributed by atoms with Crippen molar-refractivity contribution in [1.29, 1.82) is 0 Å². The molecule has 0 aliphatic carbocycles. The summed E-state index contributed by atoms with van der Waals surface area (Å²) in [6.45, 7) is 4.32. The Morgan fingerprint density at radius 2 is 1.75 bits per heavy atom. The number of hydrogen-bond donors (Lipinski definition) is 0. The van der Waals surface area contributed by atoms with Gasteiger partial charge in [0, 0.05) is 6.42 Å². The first-order valence-electron chi connectivity index (χ1n) is 6.88. The lowest BCUT2D eigenvalue weighted by Gasteiger charge is -2.22. The zero-order chi connectivity index (χ0) is 11.9. The molecule has 0 aromatic rings. The predicted molar refractivity (Wildman–Crippen MR) is 66.3 cm³/mol. The van der Waals surface area contributed by atoms with Gasteiger partial charge in [-0.2, -0.15) is 0 Å². The zero-order valence-electron chi connectivity index (χ0n) is 10.9. The minimum absolute atomic E-state index is 0.00885. The molecule has 0 bridgehead atoms. The first-order chi connectivity index (χ1) is 7.66. The third-order valence-corrected chi connectivity index (χ3v) is 3.53. The van der Waals surface area contributed by atoms with Crippen LogP contribution in [-0.4, -0.2) is 11.6 Å². The van der Waals surface area contributed by atoms with Gasteiger partial charge in [-0.15, -0.1) is 0 Å². The molecule has 0 N–H and O–H groups in total. The average molecular weight is 226 g/mol. The second-order valence-electron chi connectivity index (χ2n) is 5.30. The second-order valence-corrected chi connectivity index (χ2v) is 5.30. The number of rotatable bonds is 8. The number of unbranched alkanes of at least 4 members (excludes halogenated alkanes) is 6. The van der Waals surface area contributed by atoms with Crippen molar-refractivity contribution < 1.29 is 9.53 Å². The van der Waals surface area contributed by atoms with Crippen LogP contribution in [0.25, 0.3) is 0 Å². The van der Waals surface area contributed by atoms with E-state index in [1.54, 1.807) is 0 Å². The molecule has 0 saturated carbocycles. The Morgan fingerprint density at radius 3 is 2.31 bits per heavy atom. The molecule has 1 aliphatic heterocycles. The number of esters is 1. The largest absolute Gasteiger partial charge is 0.459 e. The SMILES string of the molecule is CCCCCCCCC[C@]1(C)CCC(=O)O1. The van der Waals surface area contributed by atoms with Crippen molar-refractivity contribution in [3.8, 4) is 0 Å².